The number of rotatable bonds is 1. The van der Waals surface area contributed by atoms with Crippen LogP contribution in [0, 0.1) is 0 Å². The molecule has 0 atom stereocenters. The van der Waals surface area contributed by atoms with Crippen molar-refractivity contribution >= 4 is 6.03 Å². The lowest BCUT2D eigenvalue weighted by Gasteiger charge is -2.38. The SMILES string of the molecule is CC(C)NC(=O)N1CC(F)(F)C1. The van der Waals surface area contributed by atoms with Crippen LogP contribution in [0.1, 0.15) is 13.8 Å². The standard InChI is InChI=1S/C7H12F2N2O/c1-5(2)10-6(12)11-3-7(8,9)4-11/h5H,3-4H2,1-2H3,(H,10,12). The van der Waals surface area contributed by atoms with Crippen LogP contribution < -0.4 is 5.32 Å². The predicted octanol–water partition coefficient (Wildman–Crippen LogP) is 1.06. The molecule has 1 aliphatic rings. The first kappa shape index (κ1) is 9.22. The van der Waals surface area contributed by atoms with Gasteiger partial charge < -0.3 is 10.2 Å². The van der Waals surface area contributed by atoms with Crippen LogP contribution in [0.2, 0.25) is 0 Å². The molecule has 0 bridgehead atoms. The molecule has 0 saturated carbocycles. The molecule has 0 aromatic rings. The molecular weight excluding hydrogens is 166 g/mol. The Bertz CT molecular complexity index is 186. The highest BCUT2D eigenvalue weighted by molar-refractivity contribution is 5.75. The van der Waals surface area contributed by atoms with Gasteiger partial charge in [-0.05, 0) is 13.8 Å². The van der Waals surface area contributed by atoms with E-state index >= 15 is 0 Å². The lowest BCUT2D eigenvalue weighted by atomic mass is 10.2. The molecule has 0 aliphatic carbocycles. The monoisotopic (exact) mass is 178 g/mol. The fourth-order valence-corrected chi connectivity index (χ4v) is 0.994. The van der Waals surface area contributed by atoms with Crippen molar-refractivity contribution in [1.82, 2.24) is 10.2 Å². The van der Waals surface area contributed by atoms with Gasteiger partial charge in [-0.15, -0.1) is 0 Å². The second-order valence-corrected chi connectivity index (χ2v) is 3.32. The number of nitrogens with one attached hydrogen (secondary N) is 1. The Hall–Kier alpha value is -0.870. The number of urea groups is 1. The van der Waals surface area contributed by atoms with Crippen LogP contribution in [0.3, 0.4) is 0 Å². The topological polar surface area (TPSA) is 32.3 Å². The number of halogens is 2. The molecule has 1 heterocycles. The third-order valence-electron chi connectivity index (χ3n) is 1.54. The number of nitrogens with zero attached hydrogens (tertiary/aromatic N) is 1. The summed E-state index contributed by atoms with van der Waals surface area (Å²) in [5.74, 6) is -2.67. The van der Waals surface area contributed by atoms with Crippen molar-refractivity contribution in [2.75, 3.05) is 13.1 Å². The number of carbonyl (C=O) groups is 1. The summed E-state index contributed by atoms with van der Waals surface area (Å²) in [7, 11) is 0. The smallest absolute Gasteiger partial charge is 0.318 e. The summed E-state index contributed by atoms with van der Waals surface area (Å²) in [6.07, 6.45) is 0. The molecular formula is C7H12F2N2O. The van der Waals surface area contributed by atoms with Crippen LogP contribution in [-0.4, -0.2) is 36.0 Å². The molecule has 1 fully saturated rings. The van der Waals surface area contributed by atoms with E-state index in [1.807, 2.05) is 0 Å². The maximum atomic E-state index is 12.3. The minimum Gasteiger partial charge on any atom is -0.336 e. The lowest BCUT2D eigenvalue weighted by molar-refractivity contribution is -0.109. The Labute approximate surface area is 69.7 Å². The van der Waals surface area contributed by atoms with E-state index in [9.17, 15) is 13.6 Å². The van der Waals surface area contributed by atoms with E-state index < -0.39 is 25.0 Å². The van der Waals surface area contributed by atoms with Gasteiger partial charge in [-0.1, -0.05) is 0 Å². The first-order valence-corrected chi connectivity index (χ1v) is 3.84. The zero-order valence-electron chi connectivity index (χ0n) is 7.10. The summed E-state index contributed by atoms with van der Waals surface area (Å²) in [5, 5.41) is 2.54. The van der Waals surface area contributed by atoms with Gasteiger partial charge >= 0.3 is 6.03 Å². The molecule has 12 heavy (non-hydrogen) atoms. The normalized spacial score (nSPS) is 20.6. The van der Waals surface area contributed by atoms with Crippen LogP contribution in [0.4, 0.5) is 13.6 Å². The molecule has 0 unspecified atom stereocenters. The van der Waals surface area contributed by atoms with Crippen LogP contribution >= 0.6 is 0 Å². The summed E-state index contributed by atoms with van der Waals surface area (Å²) < 4.78 is 24.5. The van der Waals surface area contributed by atoms with Crippen LogP contribution in [0.25, 0.3) is 0 Å². The maximum absolute atomic E-state index is 12.3. The molecule has 0 radical (unpaired) electrons. The molecule has 0 aromatic heterocycles. The molecule has 0 spiro atoms. The van der Waals surface area contributed by atoms with Gasteiger partial charge in [-0.2, -0.15) is 0 Å². The van der Waals surface area contributed by atoms with Gasteiger partial charge in [0, 0.05) is 6.04 Å². The van der Waals surface area contributed by atoms with Crippen LogP contribution in [0.5, 0.6) is 0 Å². The average molecular weight is 178 g/mol. The van der Waals surface area contributed by atoms with Gasteiger partial charge in [-0.25, -0.2) is 13.6 Å². The van der Waals surface area contributed by atoms with Crippen LogP contribution in [0.15, 0.2) is 0 Å². The van der Waals surface area contributed by atoms with E-state index in [4.69, 9.17) is 0 Å². The summed E-state index contributed by atoms with van der Waals surface area (Å²) in [6.45, 7) is 2.67. The summed E-state index contributed by atoms with van der Waals surface area (Å²) in [5.41, 5.74) is 0. The number of carbonyl (C=O) groups excluding carboxylic acids is 1. The van der Waals surface area contributed by atoms with Gasteiger partial charge in [-0.3, -0.25) is 0 Å². The van der Waals surface area contributed by atoms with Crippen molar-refractivity contribution in [3.8, 4) is 0 Å². The maximum Gasteiger partial charge on any atom is 0.318 e. The van der Waals surface area contributed by atoms with Crippen molar-refractivity contribution in [2.45, 2.75) is 25.8 Å². The highest BCUT2D eigenvalue weighted by atomic mass is 19.3. The zero-order chi connectivity index (χ0) is 9.35. The van der Waals surface area contributed by atoms with E-state index in [-0.39, 0.29) is 6.04 Å². The largest absolute Gasteiger partial charge is 0.336 e. The third-order valence-corrected chi connectivity index (χ3v) is 1.54. The van der Waals surface area contributed by atoms with Gasteiger partial charge in [0.1, 0.15) is 0 Å². The molecule has 70 valence electrons. The van der Waals surface area contributed by atoms with Gasteiger partial charge in [0.05, 0.1) is 13.1 Å². The number of hydrogen-bond donors (Lipinski definition) is 1. The molecule has 0 aromatic carbocycles. The van der Waals surface area contributed by atoms with Crippen LogP contribution in [-0.2, 0) is 0 Å². The fraction of sp³-hybridized carbons (Fsp3) is 0.857. The van der Waals surface area contributed by atoms with Gasteiger partial charge in [0.2, 0.25) is 0 Å². The van der Waals surface area contributed by atoms with E-state index in [0.717, 1.165) is 4.90 Å². The first-order valence-electron chi connectivity index (χ1n) is 3.84. The highest BCUT2D eigenvalue weighted by Gasteiger charge is 2.46. The molecule has 1 aliphatic heterocycles. The zero-order valence-corrected chi connectivity index (χ0v) is 7.10. The van der Waals surface area contributed by atoms with Crippen molar-refractivity contribution in [3.05, 3.63) is 0 Å². The van der Waals surface area contributed by atoms with Crippen molar-refractivity contribution < 1.29 is 13.6 Å². The van der Waals surface area contributed by atoms with Crippen molar-refractivity contribution in [2.24, 2.45) is 0 Å². The molecule has 1 saturated heterocycles. The second kappa shape index (κ2) is 2.88. The number of alkyl halides is 2. The van der Waals surface area contributed by atoms with Crippen molar-refractivity contribution in [3.63, 3.8) is 0 Å². The molecule has 2 amide bonds. The second-order valence-electron chi connectivity index (χ2n) is 3.32. The minimum absolute atomic E-state index is 0.00766. The molecule has 3 nitrogen and oxygen atoms in total. The summed E-state index contributed by atoms with van der Waals surface area (Å²) >= 11 is 0. The molecule has 5 heteroatoms. The fourth-order valence-electron chi connectivity index (χ4n) is 0.994. The first-order chi connectivity index (χ1) is 5.41. The number of likely N-dealkylation sites (tertiary alicyclic amines) is 1. The van der Waals surface area contributed by atoms with E-state index in [0.29, 0.717) is 0 Å². The van der Waals surface area contributed by atoms with E-state index in [1.165, 1.54) is 0 Å². The number of amides is 2. The Morgan fingerprint density at radius 3 is 2.33 bits per heavy atom. The Balaban J connectivity index is 2.29. The number of hydrogen-bond acceptors (Lipinski definition) is 1. The lowest BCUT2D eigenvalue weighted by Crippen LogP contribution is -2.61. The van der Waals surface area contributed by atoms with E-state index in [1.54, 1.807) is 13.8 Å². The Kier molecular flexibility index (Phi) is 2.21. The Morgan fingerprint density at radius 2 is 2.00 bits per heavy atom. The van der Waals surface area contributed by atoms with Gasteiger partial charge in [0.25, 0.3) is 5.92 Å². The van der Waals surface area contributed by atoms with Gasteiger partial charge in [0.15, 0.2) is 0 Å². The summed E-state index contributed by atoms with van der Waals surface area (Å²) in [4.78, 5) is 12.1. The average Bonchev–Trinajstić information content (AvgIpc) is 1.80. The Morgan fingerprint density at radius 1 is 1.50 bits per heavy atom. The minimum atomic E-state index is -2.67. The molecule has 1 N–H and O–H groups in total. The van der Waals surface area contributed by atoms with E-state index in [2.05, 4.69) is 5.32 Å². The van der Waals surface area contributed by atoms with Crippen molar-refractivity contribution in [1.29, 1.82) is 0 Å². The molecule has 1 rings (SSSR count). The highest BCUT2D eigenvalue weighted by Crippen LogP contribution is 2.26. The third kappa shape index (κ3) is 2.06. The summed E-state index contributed by atoms with van der Waals surface area (Å²) in [6, 6.07) is -0.414. The quantitative estimate of drug-likeness (QED) is 0.639. The predicted molar refractivity (Wildman–Crippen MR) is 40.2 cm³/mol.